The van der Waals surface area contributed by atoms with Crippen LogP contribution in [0.15, 0.2) is 91.0 Å². The van der Waals surface area contributed by atoms with Gasteiger partial charge in [0.1, 0.15) is 0 Å². The normalized spacial score (nSPS) is 14.8. The number of carbonyl (C=O) groups is 2. The molecule has 2 fully saturated rings. The number of nitrogens with one attached hydrogen (secondary N) is 2. The van der Waals surface area contributed by atoms with E-state index in [-0.39, 0.29) is 17.9 Å². The van der Waals surface area contributed by atoms with Crippen LogP contribution in [0.4, 0.5) is 21.9 Å². The molecule has 7 nitrogen and oxygen atoms in total. The summed E-state index contributed by atoms with van der Waals surface area (Å²) in [5.74, 6) is 0.337. The number of amides is 3. The van der Waals surface area contributed by atoms with Crippen LogP contribution in [-0.2, 0) is 24.4 Å². The zero-order valence-corrected chi connectivity index (χ0v) is 26.9. The Kier molecular flexibility index (Phi) is 10.2. The number of benzene rings is 4. The van der Waals surface area contributed by atoms with Gasteiger partial charge in [0.2, 0.25) is 5.91 Å². The lowest BCUT2D eigenvalue weighted by atomic mass is 10.0. The zero-order chi connectivity index (χ0) is 31.9. The largest absolute Gasteiger partial charge is 0.370 e. The summed E-state index contributed by atoms with van der Waals surface area (Å²) in [5, 5.41) is 6.68. The lowest BCUT2D eigenvalue weighted by Gasteiger charge is -2.26. The first kappa shape index (κ1) is 31.6. The van der Waals surface area contributed by atoms with Crippen LogP contribution in [0.5, 0.6) is 0 Å². The van der Waals surface area contributed by atoms with Gasteiger partial charge in [0.05, 0.1) is 11.4 Å². The van der Waals surface area contributed by atoms with Crippen molar-refractivity contribution in [2.75, 3.05) is 28.6 Å². The smallest absolute Gasteiger partial charge is 0.323 e. The summed E-state index contributed by atoms with van der Waals surface area (Å²) in [4.78, 5) is 30.9. The van der Waals surface area contributed by atoms with Crippen LogP contribution in [0.2, 0.25) is 5.02 Å². The summed E-state index contributed by atoms with van der Waals surface area (Å²) in [5.41, 5.74) is 13.6. The summed E-state index contributed by atoms with van der Waals surface area (Å²) in [6, 6.07) is 29.6. The first-order chi connectivity index (χ1) is 22.4. The Labute approximate surface area is 276 Å². The van der Waals surface area contributed by atoms with Gasteiger partial charge in [-0.25, -0.2) is 4.79 Å². The van der Waals surface area contributed by atoms with Crippen molar-refractivity contribution in [3.05, 3.63) is 113 Å². The van der Waals surface area contributed by atoms with Gasteiger partial charge in [-0.2, -0.15) is 0 Å². The number of carbonyl (C=O) groups excluding carboxylic acids is 2. The van der Waals surface area contributed by atoms with E-state index in [1.807, 2.05) is 23.1 Å². The van der Waals surface area contributed by atoms with Crippen molar-refractivity contribution < 1.29 is 9.59 Å². The van der Waals surface area contributed by atoms with Gasteiger partial charge in [0, 0.05) is 49.4 Å². The van der Waals surface area contributed by atoms with Crippen molar-refractivity contribution in [1.29, 1.82) is 0 Å². The Hall–Kier alpha value is -4.33. The monoisotopic (exact) mass is 635 g/mol. The van der Waals surface area contributed by atoms with Gasteiger partial charge in [0.25, 0.3) is 0 Å². The van der Waals surface area contributed by atoms with Crippen LogP contribution in [0.1, 0.15) is 55.2 Å². The molecule has 1 saturated carbocycles. The summed E-state index contributed by atoms with van der Waals surface area (Å²) < 4.78 is 0. The Morgan fingerprint density at radius 1 is 0.761 bits per heavy atom. The first-order valence-electron chi connectivity index (χ1n) is 16.3. The minimum Gasteiger partial charge on any atom is -0.370 e. The van der Waals surface area contributed by atoms with Crippen LogP contribution in [0, 0.1) is 5.92 Å². The number of nitrogens with zero attached hydrogens (tertiary/aromatic N) is 2. The van der Waals surface area contributed by atoms with E-state index in [4.69, 9.17) is 17.3 Å². The maximum Gasteiger partial charge on any atom is 0.323 e. The first-order valence-corrected chi connectivity index (χ1v) is 16.7. The van der Waals surface area contributed by atoms with Crippen molar-refractivity contribution in [3.8, 4) is 11.1 Å². The molecule has 0 aromatic heterocycles. The molecule has 4 aromatic carbocycles. The Morgan fingerprint density at radius 3 is 2.11 bits per heavy atom. The minimum absolute atomic E-state index is 0.125. The average Bonchev–Trinajstić information content (AvgIpc) is 3.94. The number of halogens is 1. The van der Waals surface area contributed by atoms with E-state index < -0.39 is 0 Å². The highest BCUT2D eigenvalue weighted by atomic mass is 35.5. The fourth-order valence-electron chi connectivity index (χ4n) is 6.17. The Bertz CT molecular complexity index is 1660. The lowest BCUT2D eigenvalue weighted by Crippen LogP contribution is -2.31. The van der Waals surface area contributed by atoms with Crippen LogP contribution < -0.4 is 21.3 Å². The van der Waals surface area contributed by atoms with Gasteiger partial charge >= 0.3 is 6.03 Å². The van der Waals surface area contributed by atoms with Gasteiger partial charge < -0.3 is 26.2 Å². The number of anilines is 3. The Morgan fingerprint density at radius 2 is 1.41 bits per heavy atom. The molecule has 1 aliphatic carbocycles. The second-order valence-corrected chi connectivity index (χ2v) is 12.8. The molecular weight excluding hydrogens is 594 g/mol. The van der Waals surface area contributed by atoms with Gasteiger partial charge in [-0.1, -0.05) is 73.0 Å². The number of urea groups is 1. The van der Waals surface area contributed by atoms with E-state index in [9.17, 15) is 9.59 Å². The SMILES string of the molecule is NCc1cccc(CN(Cc2cccc(-c3ccc(N4CCCCCC4)c(NC(=O)Nc4ccc(Cl)cc4)c3)c2)C(=O)C2CC2)c1. The van der Waals surface area contributed by atoms with Crippen molar-refractivity contribution >= 4 is 40.6 Å². The highest BCUT2D eigenvalue weighted by Crippen LogP contribution is 2.35. The molecule has 1 heterocycles. The molecule has 4 N–H and O–H groups in total. The summed E-state index contributed by atoms with van der Waals surface area (Å²) >= 11 is 6.03. The van der Waals surface area contributed by atoms with Gasteiger partial charge in [-0.3, -0.25) is 4.79 Å². The molecule has 2 aliphatic rings. The number of hydrogen-bond acceptors (Lipinski definition) is 4. The Balaban J connectivity index is 1.25. The van der Waals surface area contributed by atoms with Crippen molar-refractivity contribution in [3.63, 3.8) is 0 Å². The number of rotatable bonds is 10. The molecule has 1 aliphatic heterocycles. The van der Waals surface area contributed by atoms with Crippen molar-refractivity contribution in [1.82, 2.24) is 4.90 Å². The predicted molar refractivity (Wildman–Crippen MR) is 188 cm³/mol. The maximum absolute atomic E-state index is 13.4. The van der Waals surface area contributed by atoms with Crippen molar-refractivity contribution in [2.45, 2.75) is 58.2 Å². The van der Waals surface area contributed by atoms with Crippen LogP contribution >= 0.6 is 11.6 Å². The molecule has 6 rings (SSSR count). The van der Waals surface area contributed by atoms with E-state index in [1.165, 1.54) is 12.8 Å². The molecular formula is C38H42ClN5O2. The third-order valence-corrected chi connectivity index (χ3v) is 9.02. The topological polar surface area (TPSA) is 90.7 Å². The van der Waals surface area contributed by atoms with E-state index >= 15 is 0 Å². The van der Waals surface area contributed by atoms with Crippen LogP contribution in [-0.4, -0.2) is 29.9 Å². The molecule has 238 valence electrons. The van der Waals surface area contributed by atoms with E-state index in [0.717, 1.165) is 78.0 Å². The minimum atomic E-state index is -0.308. The van der Waals surface area contributed by atoms with E-state index in [1.54, 1.807) is 24.3 Å². The van der Waals surface area contributed by atoms with Gasteiger partial charge in [-0.15, -0.1) is 0 Å². The zero-order valence-electron chi connectivity index (χ0n) is 26.2. The van der Waals surface area contributed by atoms with Gasteiger partial charge in [-0.05, 0) is 96.0 Å². The second-order valence-electron chi connectivity index (χ2n) is 12.4. The lowest BCUT2D eigenvalue weighted by molar-refractivity contribution is -0.133. The summed E-state index contributed by atoms with van der Waals surface area (Å²) in [6.45, 7) is 3.47. The molecule has 0 atom stereocenters. The second kappa shape index (κ2) is 14.8. The molecule has 46 heavy (non-hydrogen) atoms. The van der Waals surface area contributed by atoms with Crippen molar-refractivity contribution in [2.24, 2.45) is 11.7 Å². The molecule has 0 bridgehead atoms. The molecule has 0 unspecified atom stereocenters. The highest BCUT2D eigenvalue weighted by Gasteiger charge is 2.33. The van der Waals surface area contributed by atoms with E-state index in [2.05, 4.69) is 64.1 Å². The standard InChI is InChI=1S/C38H42ClN5O2/c39-33-14-16-34(17-15-33)41-38(46)42-35-23-32(13-18-36(35)43-19-3-1-2-4-20-43)31-10-6-9-29(22-31)26-44(37(45)30-11-12-30)25-28-8-5-7-27(21-28)24-40/h5-10,13-18,21-23,30H,1-4,11-12,19-20,24-26,40H2,(H2,41,42,46). The third-order valence-electron chi connectivity index (χ3n) is 8.77. The average molecular weight is 636 g/mol. The molecule has 8 heteroatoms. The maximum atomic E-state index is 13.4. The summed E-state index contributed by atoms with van der Waals surface area (Å²) in [7, 11) is 0. The molecule has 4 aromatic rings. The number of hydrogen-bond donors (Lipinski definition) is 3. The fraction of sp³-hybridized carbons (Fsp3) is 0.316. The molecule has 3 amide bonds. The van der Waals surface area contributed by atoms with Gasteiger partial charge in [0.15, 0.2) is 0 Å². The van der Waals surface area contributed by atoms with Crippen LogP contribution in [0.3, 0.4) is 0 Å². The molecule has 0 spiro atoms. The quantitative estimate of drug-likeness (QED) is 0.163. The predicted octanol–water partition coefficient (Wildman–Crippen LogP) is 8.43. The number of nitrogens with two attached hydrogens (primary N) is 1. The van der Waals surface area contributed by atoms with E-state index in [0.29, 0.717) is 30.3 Å². The third kappa shape index (κ3) is 8.27. The molecule has 1 saturated heterocycles. The highest BCUT2D eigenvalue weighted by molar-refractivity contribution is 6.30. The molecule has 0 radical (unpaired) electrons. The fourth-order valence-corrected chi connectivity index (χ4v) is 6.29. The van der Waals surface area contributed by atoms with Crippen LogP contribution in [0.25, 0.3) is 11.1 Å². The summed E-state index contributed by atoms with van der Waals surface area (Å²) in [6.07, 6.45) is 6.63.